The predicted octanol–water partition coefficient (Wildman–Crippen LogP) is 4.15. The molecule has 3 nitrogen and oxygen atoms in total. The number of hydrogen-bond acceptors (Lipinski definition) is 3. The molecule has 1 amide bonds. The summed E-state index contributed by atoms with van der Waals surface area (Å²) >= 11 is 1.57. The van der Waals surface area contributed by atoms with Gasteiger partial charge >= 0.3 is 0 Å². The van der Waals surface area contributed by atoms with Gasteiger partial charge in [-0.2, -0.15) is 11.3 Å². The van der Waals surface area contributed by atoms with Crippen LogP contribution in [-0.2, 0) is 6.54 Å². The largest absolute Gasteiger partial charge is 0.321 e. The predicted molar refractivity (Wildman–Crippen MR) is 92.4 cm³/mol. The van der Waals surface area contributed by atoms with E-state index < -0.39 is 0 Å². The number of rotatable bonds is 4. The van der Waals surface area contributed by atoms with Crippen LogP contribution in [-0.4, -0.2) is 23.9 Å². The Morgan fingerprint density at radius 1 is 1.09 bits per heavy atom. The molecule has 0 atom stereocenters. The molecule has 2 aromatic rings. The second-order valence-corrected chi connectivity index (χ2v) is 6.27. The van der Waals surface area contributed by atoms with Crippen molar-refractivity contribution in [1.29, 1.82) is 0 Å². The number of hydrogen-bond donors (Lipinski definition) is 1. The maximum atomic E-state index is 12.1. The Kier molecular flexibility index (Phi) is 5.03. The van der Waals surface area contributed by atoms with Crippen LogP contribution >= 0.6 is 11.3 Å². The molecule has 2 heterocycles. The van der Waals surface area contributed by atoms with Crippen molar-refractivity contribution < 1.29 is 4.79 Å². The number of nitrogens with zero attached hydrogens (tertiary/aromatic N) is 1. The molecule has 0 aliphatic carbocycles. The number of anilines is 1. The van der Waals surface area contributed by atoms with Gasteiger partial charge in [-0.1, -0.05) is 24.3 Å². The highest BCUT2D eigenvalue weighted by molar-refractivity contribution is 7.08. The first-order valence-corrected chi connectivity index (χ1v) is 8.55. The molecule has 0 saturated carbocycles. The van der Waals surface area contributed by atoms with Gasteiger partial charge in [0.25, 0.3) is 5.91 Å². The van der Waals surface area contributed by atoms with Crippen molar-refractivity contribution in [3.05, 3.63) is 64.4 Å². The molecule has 1 N–H and O–H groups in total. The standard InChI is InChI=1S/C18H20N2OS/c21-18(19-17-9-12-22-14-17)16-7-5-15(6-8-16)13-20-10-3-1-2-4-11-20/h1-2,5-9,12,14H,3-4,10-11,13H2,(H,19,21). The molecule has 1 aromatic carbocycles. The average molecular weight is 312 g/mol. The molecule has 1 aliphatic heterocycles. The van der Waals surface area contributed by atoms with Gasteiger partial charge in [0.15, 0.2) is 0 Å². The first-order valence-electron chi connectivity index (χ1n) is 7.61. The summed E-state index contributed by atoms with van der Waals surface area (Å²) in [6.07, 6.45) is 6.78. The van der Waals surface area contributed by atoms with Crippen molar-refractivity contribution in [2.75, 3.05) is 18.4 Å². The van der Waals surface area contributed by atoms with Crippen LogP contribution in [0.25, 0.3) is 0 Å². The summed E-state index contributed by atoms with van der Waals surface area (Å²) in [7, 11) is 0. The minimum atomic E-state index is -0.0519. The summed E-state index contributed by atoms with van der Waals surface area (Å²) in [5.74, 6) is -0.0519. The molecule has 0 radical (unpaired) electrons. The quantitative estimate of drug-likeness (QED) is 0.860. The van der Waals surface area contributed by atoms with E-state index in [-0.39, 0.29) is 5.91 Å². The molecule has 0 spiro atoms. The summed E-state index contributed by atoms with van der Waals surface area (Å²) in [5, 5.41) is 6.78. The third-order valence-electron chi connectivity index (χ3n) is 3.79. The van der Waals surface area contributed by atoms with Gasteiger partial charge in [-0.05, 0) is 42.0 Å². The van der Waals surface area contributed by atoms with Crippen LogP contribution in [0, 0.1) is 0 Å². The van der Waals surface area contributed by atoms with Gasteiger partial charge in [0.1, 0.15) is 0 Å². The van der Waals surface area contributed by atoms with E-state index in [0.717, 1.165) is 38.2 Å². The van der Waals surface area contributed by atoms with Gasteiger partial charge in [-0.25, -0.2) is 0 Å². The molecular formula is C18H20N2OS. The highest BCUT2D eigenvalue weighted by atomic mass is 32.1. The number of thiophene rings is 1. The molecule has 4 heteroatoms. The molecule has 22 heavy (non-hydrogen) atoms. The highest BCUT2D eigenvalue weighted by Gasteiger charge is 2.09. The van der Waals surface area contributed by atoms with Crippen LogP contribution in [0.5, 0.6) is 0 Å². The molecule has 1 aromatic heterocycles. The molecule has 1 aliphatic rings. The zero-order valence-electron chi connectivity index (χ0n) is 12.5. The van der Waals surface area contributed by atoms with Gasteiger partial charge in [-0.15, -0.1) is 0 Å². The number of amides is 1. The maximum absolute atomic E-state index is 12.1. The van der Waals surface area contributed by atoms with E-state index in [2.05, 4.69) is 34.5 Å². The third-order valence-corrected chi connectivity index (χ3v) is 4.48. The summed E-state index contributed by atoms with van der Waals surface area (Å²) in [4.78, 5) is 14.6. The smallest absolute Gasteiger partial charge is 0.255 e. The number of nitrogens with one attached hydrogen (secondary N) is 1. The normalized spacial score (nSPS) is 15.5. The van der Waals surface area contributed by atoms with Crippen LogP contribution in [0.15, 0.2) is 53.2 Å². The fraction of sp³-hybridized carbons (Fsp3) is 0.278. The topological polar surface area (TPSA) is 32.3 Å². The van der Waals surface area contributed by atoms with Crippen LogP contribution in [0.2, 0.25) is 0 Å². The van der Waals surface area contributed by atoms with E-state index in [4.69, 9.17) is 0 Å². The Morgan fingerprint density at radius 2 is 1.82 bits per heavy atom. The van der Waals surface area contributed by atoms with Gasteiger partial charge in [0, 0.05) is 30.6 Å². The van der Waals surface area contributed by atoms with E-state index in [9.17, 15) is 4.79 Å². The van der Waals surface area contributed by atoms with Crippen molar-refractivity contribution in [1.82, 2.24) is 4.90 Å². The highest BCUT2D eigenvalue weighted by Crippen LogP contribution is 2.15. The van der Waals surface area contributed by atoms with Crippen molar-refractivity contribution >= 4 is 22.9 Å². The van der Waals surface area contributed by atoms with E-state index >= 15 is 0 Å². The lowest BCUT2D eigenvalue weighted by Gasteiger charge is -2.19. The second kappa shape index (κ2) is 7.38. The Morgan fingerprint density at radius 3 is 2.45 bits per heavy atom. The van der Waals surface area contributed by atoms with Crippen molar-refractivity contribution in [2.45, 2.75) is 19.4 Å². The molecule has 3 rings (SSSR count). The van der Waals surface area contributed by atoms with Gasteiger partial charge < -0.3 is 5.32 Å². The molecule has 0 unspecified atom stereocenters. The van der Waals surface area contributed by atoms with Crippen molar-refractivity contribution in [3.8, 4) is 0 Å². The van der Waals surface area contributed by atoms with Crippen molar-refractivity contribution in [3.63, 3.8) is 0 Å². The maximum Gasteiger partial charge on any atom is 0.255 e. The second-order valence-electron chi connectivity index (χ2n) is 5.49. The summed E-state index contributed by atoms with van der Waals surface area (Å²) in [6, 6.07) is 9.84. The lowest BCUT2D eigenvalue weighted by Crippen LogP contribution is -2.24. The fourth-order valence-electron chi connectivity index (χ4n) is 2.58. The Hall–Kier alpha value is -1.91. The van der Waals surface area contributed by atoms with Gasteiger partial charge in [-0.3, -0.25) is 9.69 Å². The van der Waals surface area contributed by atoms with Gasteiger partial charge in [0.05, 0.1) is 5.69 Å². The lowest BCUT2D eigenvalue weighted by molar-refractivity contribution is 0.102. The Labute approximate surface area is 135 Å². The van der Waals surface area contributed by atoms with Crippen LogP contribution in [0.3, 0.4) is 0 Å². The monoisotopic (exact) mass is 312 g/mol. The summed E-state index contributed by atoms with van der Waals surface area (Å²) < 4.78 is 0. The summed E-state index contributed by atoms with van der Waals surface area (Å²) in [5.41, 5.74) is 2.82. The molecule has 114 valence electrons. The SMILES string of the molecule is O=C(Nc1ccsc1)c1ccc(CN2CCC=CCC2)cc1. The Bertz CT molecular complexity index is 622. The van der Waals surface area contributed by atoms with E-state index in [0.29, 0.717) is 5.56 Å². The van der Waals surface area contributed by atoms with Crippen LogP contribution < -0.4 is 5.32 Å². The summed E-state index contributed by atoms with van der Waals surface area (Å²) in [6.45, 7) is 3.17. The van der Waals surface area contributed by atoms with Crippen LogP contribution in [0.4, 0.5) is 5.69 Å². The third kappa shape index (κ3) is 4.06. The molecule has 0 bridgehead atoms. The zero-order chi connectivity index (χ0) is 15.2. The fourth-order valence-corrected chi connectivity index (χ4v) is 3.17. The van der Waals surface area contributed by atoms with Crippen molar-refractivity contribution in [2.24, 2.45) is 0 Å². The van der Waals surface area contributed by atoms with E-state index in [1.807, 2.05) is 29.0 Å². The minimum Gasteiger partial charge on any atom is -0.321 e. The van der Waals surface area contributed by atoms with E-state index in [1.54, 1.807) is 11.3 Å². The molecular weight excluding hydrogens is 292 g/mol. The Balaban J connectivity index is 1.58. The molecule has 0 fully saturated rings. The first kappa shape index (κ1) is 15.0. The number of carbonyl (C=O) groups excluding carboxylic acids is 1. The lowest BCUT2D eigenvalue weighted by atomic mass is 10.1. The molecule has 0 saturated heterocycles. The zero-order valence-corrected chi connectivity index (χ0v) is 13.3. The van der Waals surface area contributed by atoms with Gasteiger partial charge in [0.2, 0.25) is 0 Å². The van der Waals surface area contributed by atoms with Crippen LogP contribution in [0.1, 0.15) is 28.8 Å². The number of benzene rings is 1. The van der Waals surface area contributed by atoms with E-state index in [1.165, 1.54) is 5.56 Å². The minimum absolute atomic E-state index is 0.0519. The first-order chi connectivity index (χ1) is 10.8. The number of carbonyl (C=O) groups is 1. The average Bonchev–Trinajstić information content (AvgIpc) is 2.91.